The minimum atomic E-state index is -5.09. The summed E-state index contributed by atoms with van der Waals surface area (Å²) in [6.45, 7) is 0.831. The lowest BCUT2D eigenvalue weighted by Crippen LogP contribution is -2.49. The van der Waals surface area contributed by atoms with Crippen molar-refractivity contribution in [2.45, 2.75) is 49.2 Å². The molecule has 0 spiro atoms. The van der Waals surface area contributed by atoms with Crippen LogP contribution in [0.5, 0.6) is 0 Å². The van der Waals surface area contributed by atoms with Gasteiger partial charge in [-0.1, -0.05) is 6.08 Å². The number of nitrogens with zero attached hydrogens (tertiary/aromatic N) is 3. The van der Waals surface area contributed by atoms with Crippen LogP contribution >= 0.6 is 0 Å². The molecule has 1 saturated heterocycles. The molecule has 4 rings (SSSR count). The van der Waals surface area contributed by atoms with Crippen LogP contribution in [0, 0.1) is 0 Å². The summed E-state index contributed by atoms with van der Waals surface area (Å²) < 4.78 is 79.8. The molecule has 1 fully saturated rings. The average Bonchev–Trinajstić information content (AvgIpc) is 3.11. The lowest BCUT2D eigenvalue weighted by molar-refractivity contribution is -0.267. The van der Waals surface area contributed by atoms with Gasteiger partial charge in [-0.25, -0.2) is 0 Å². The molecule has 0 aliphatic carbocycles. The van der Waals surface area contributed by atoms with E-state index < -0.39 is 53.4 Å². The van der Waals surface area contributed by atoms with Crippen LogP contribution in [0.1, 0.15) is 36.4 Å². The number of likely N-dealkylation sites (tertiary alicyclic amines) is 1. The second-order valence-electron chi connectivity index (χ2n) is 7.94. The molecule has 31 heavy (non-hydrogen) atoms. The highest BCUT2D eigenvalue weighted by Crippen LogP contribution is 2.49. The maximum Gasteiger partial charge on any atom is 0.422 e. The number of piperidine rings is 1. The van der Waals surface area contributed by atoms with Crippen LogP contribution in [0.2, 0.25) is 0 Å². The molecular weight excluding hydrogens is 432 g/mol. The van der Waals surface area contributed by atoms with E-state index in [1.165, 1.54) is 0 Å². The van der Waals surface area contributed by atoms with Gasteiger partial charge in [0, 0.05) is 23.9 Å². The second kappa shape index (κ2) is 7.33. The average molecular weight is 451 g/mol. The Kier molecular flexibility index (Phi) is 5.16. The summed E-state index contributed by atoms with van der Waals surface area (Å²) in [6, 6.07) is -0.551. The van der Waals surface area contributed by atoms with Gasteiger partial charge in [0.25, 0.3) is 0 Å². The van der Waals surface area contributed by atoms with E-state index in [2.05, 4.69) is 20.5 Å². The van der Waals surface area contributed by atoms with E-state index in [0.29, 0.717) is 25.9 Å². The van der Waals surface area contributed by atoms with Crippen molar-refractivity contribution in [2.75, 3.05) is 25.0 Å². The maximum absolute atomic E-state index is 13.6. The molecule has 0 radical (unpaired) electrons. The number of fused-ring (bicyclic) bond motifs is 1. The summed E-state index contributed by atoms with van der Waals surface area (Å²) in [6.07, 6.45) is -8.16. The number of anilines is 1. The van der Waals surface area contributed by atoms with Crippen molar-refractivity contribution in [1.82, 2.24) is 15.1 Å². The Hall–Kier alpha value is -2.41. The minimum absolute atomic E-state index is 0.0858. The van der Waals surface area contributed by atoms with E-state index in [1.807, 2.05) is 0 Å². The first-order valence-corrected chi connectivity index (χ1v) is 9.61. The van der Waals surface area contributed by atoms with Crippen LogP contribution in [-0.4, -0.2) is 70.4 Å². The highest BCUT2D eigenvalue weighted by Gasteiger charge is 2.61. The zero-order chi connectivity index (χ0) is 22.6. The van der Waals surface area contributed by atoms with Crippen molar-refractivity contribution in [2.24, 2.45) is 4.99 Å². The summed E-state index contributed by atoms with van der Waals surface area (Å²) in [7, 11) is 0. The van der Waals surface area contributed by atoms with Gasteiger partial charge in [-0.3, -0.25) is 19.8 Å². The second-order valence-corrected chi connectivity index (χ2v) is 7.94. The number of dihydropyridines is 1. The van der Waals surface area contributed by atoms with Crippen molar-refractivity contribution in [3.63, 3.8) is 0 Å². The van der Waals surface area contributed by atoms with Gasteiger partial charge >= 0.3 is 12.4 Å². The molecule has 7 nitrogen and oxygen atoms in total. The van der Waals surface area contributed by atoms with Crippen molar-refractivity contribution in [1.29, 1.82) is 0 Å². The number of carbonyl (C=O) groups excluding carboxylic acids is 1. The molecule has 2 atom stereocenters. The molecule has 3 N–H and O–H groups in total. The highest BCUT2D eigenvalue weighted by atomic mass is 19.4. The number of halogens is 6. The van der Waals surface area contributed by atoms with Crippen LogP contribution in [0.15, 0.2) is 16.6 Å². The molecule has 3 aliphatic rings. The number of nitrogens with one attached hydrogen (secondary N) is 2. The number of aromatic nitrogens is 2. The Morgan fingerprint density at radius 1 is 1.16 bits per heavy atom. The van der Waals surface area contributed by atoms with Gasteiger partial charge in [0.2, 0.25) is 5.91 Å². The SMILES string of the molecule is O=C1CC(O)(C(F)(F)F)c2c(n[nH]c2C2CCN(C3C=C(C(F)(F)F)C=NC3)CC2)N1. The molecule has 13 heteroatoms. The molecule has 0 saturated carbocycles. The van der Waals surface area contributed by atoms with Crippen molar-refractivity contribution in [3.8, 4) is 0 Å². The van der Waals surface area contributed by atoms with Crippen molar-refractivity contribution >= 4 is 17.9 Å². The van der Waals surface area contributed by atoms with Crippen LogP contribution in [0.25, 0.3) is 0 Å². The third kappa shape index (κ3) is 3.84. The molecular formula is C18H19F6N5O2. The predicted molar refractivity (Wildman–Crippen MR) is 96.6 cm³/mol. The first-order valence-electron chi connectivity index (χ1n) is 9.61. The Morgan fingerprint density at radius 3 is 2.45 bits per heavy atom. The molecule has 2 unspecified atom stereocenters. The number of alkyl halides is 6. The van der Waals surface area contributed by atoms with Crippen LogP contribution in [0.3, 0.4) is 0 Å². The Bertz CT molecular complexity index is 929. The lowest BCUT2D eigenvalue weighted by atomic mass is 9.81. The molecule has 170 valence electrons. The van der Waals surface area contributed by atoms with Gasteiger partial charge in [-0.15, -0.1) is 0 Å². The first kappa shape index (κ1) is 21.8. The topological polar surface area (TPSA) is 93.6 Å². The number of allylic oxidation sites excluding steroid dienone is 1. The number of rotatable bonds is 2. The quantitative estimate of drug-likeness (QED) is 0.603. The molecule has 1 aromatic rings. The molecule has 1 aromatic heterocycles. The number of hydrogen-bond acceptors (Lipinski definition) is 5. The summed E-state index contributed by atoms with van der Waals surface area (Å²) in [5.41, 5.74) is -4.58. The number of carbonyl (C=O) groups is 1. The Morgan fingerprint density at radius 2 is 1.84 bits per heavy atom. The van der Waals surface area contributed by atoms with E-state index in [1.54, 1.807) is 4.90 Å². The fourth-order valence-corrected chi connectivity index (χ4v) is 4.37. The monoisotopic (exact) mass is 451 g/mol. The Balaban J connectivity index is 1.53. The van der Waals surface area contributed by atoms with E-state index in [-0.39, 0.29) is 18.1 Å². The minimum Gasteiger partial charge on any atom is -0.376 e. The van der Waals surface area contributed by atoms with E-state index in [4.69, 9.17) is 0 Å². The zero-order valence-corrected chi connectivity index (χ0v) is 16.0. The van der Waals surface area contributed by atoms with Gasteiger partial charge in [-0.2, -0.15) is 31.4 Å². The number of aromatic amines is 1. The first-order chi connectivity index (χ1) is 14.4. The van der Waals surface area contributed by atoms with Gasteiger partial charge in [0.05, 0.1) is 24.1 Å². The number of aliphatic hydroxyl groups is 1. The standard InChI is InChI=1S/C18H19F6N5O2/c19-17(20,21)10-5-11(8-25-7-10)29-3-1-9(2-4-29)14-13-15(28-27-14)26-12(30)6-16(13,31)18(22,23)24/h5,7,9,11,31H,1-4,6,8H2,(H2,26,27,28,30). The largest absolute Gasteiger partial charge is 0.422 e. The third-order valence-electron chi connectivity index (χ3n) is 5.98. The van der Waals surface area contributed by atoms with Gasteiger partial charge < -0.3 is 10.4 Å². The van der Waals surface area contributed by atoms with Gasteiger partial charge in [0.1, 0.15) is 0 Å². The summed E-state index contributed by atoms with van der Waals surface area (Å²) in [4.78, 5) is 17.3. The summed E-state index contributed by atoms with van der Waals surface area (Å²) >= 11 is 0. The third-order valence-corrected chi connectivity index (χ3v) is 5.98. The highest BCUT2D eigenvalue weighted by molar-refractivity contribution is 5.94. The van der Waals surface area contributed by atoms with Crippen LogP contribution in [0.4, 0.5) is 32.2 Å². The van der Waals surface area contributed by atoms with E-state index in [0.717, 1.165) is 12.3 Å². The normalized spacial score (nSPS) is 28.3. The molecule has 1 amide bonds. The maximum atomic E-state index is 13.6. The molecule has 4 heterocycles. The fourth-order valence-electron chi connectivity index (χ4n) is 4.37. The predicted octanol–water partition coefficient (Wildman–Crippen LogP) is 2.62. The lowest BCUT2D eigenvalue weighted by Gasteiger charge is -2.38. The zero-order valence-electron chi connectivity index (χ0n) is 16.0. The fraction of sp³-hybridized carbons (Fsp3) is 0.611. The number of hydrogen-bond donors (Lipinski definition) is 3. The van der Waals surface area contributed by atoms with Gasteiger partial charge in [0.15, 0.2) is 11.4 Å². The van der Waals surface area contributed by atoms with Crippen molar-refractivity contribution < 1.29 is 36.2 Å². The van der Waals surface area contributed by atoms with Crippen LogP contribution in [-0.2, 0) is 10.4 Å². The summed E-state index contributed by atoms with van der Waals surface area (Å²) in [5, 5.41) is 18.9. The number of aliphatic imine (C=N–C) groups is 1. The number of amides is 1. The molecule has 0 aromatic carbocycles. The van der Waals surface area contributed by atoms with Crippen LogP contribution < -0.4 is 5.32 Å². The number of H-pyrrole nitrogens is 1. The van der Waals surface area contributed by atoms with Crippen molar-refractivity contribution in [3.05, 3.63) is 22.9 Å². The summed E-state index contributed by atoms with van der Waals surface area (Å²) in [5.74, 6) is -1.78. The smallest absolute Gasteiger partial charge is 0.376 e. The molecule has 3 aliphatic heterocycles. The van der Waals surface area contributed by atoms with E-state index in [9.17, 15) is 36.2 Å². The molecule has 0 bridgehead atoms. The Labute approximate surface area is 172 Å². The van der Waals surface area contributed by atoms with E-state index >= 15 is 0 Å². The van der Waals surface area contributed by atoms with Gasteiger partial charge in [-0.05, 0) is 25.9 Å².